The molecule has 0 amide bonds. The molecule has 0 spiro atoms. The monoisotopic (exact) mass is 418 g/mol. The lowest BCUT2D eigenvalue weighted by Crippen LogP contribution is -2.49. The van der Waals surface area contributed by atoms with Crippen molar-refractivity contribution in [2.45, 2.75) is 6.10 Å². The Morgan fingerprint density at radius 3 is 2.10 bits per heavy atom. The quantitative estimate of drug-likeness (QED) is 0.640. The van der Waals surface area contributed by atoms with E-state index >= 15 is 0 Å². The average Bonchev–Trinajstić information content (AvgIpc) is 2.78. The maximum Gasteiger partial charge on any atom is 0.201 e. The minimum absolute atomic E-state index is 0.0826. The summed E-state index contributed by atoms with van der Waals surface area (Å²) in [5, 5.41) is 20.4. The molecule has 0 bridgehead atoms. The Morgan fingerprint density at radius 2 is 1.50 bits per heavy atom. The number of piperazine rings is 1. The molecule has 2 aromatic carbocycles. The Labute approximate surface area is 177 Å². The van der Waals surface area contributed by atoms with E-state index in [2.05, 4.69) is 15.9 Å². The summed E-state index contributed by atoms with van der Waals surface area (Å²) in [5.41, 5.74) is 1.10. The number of aromatic hydroxyl groups is 1. The van der Waals surface area contributed by atoms with Crippen LogP contribution in [0.1, 0.15) is 0 Å². The maximum atomic E-state index is 10.4. The normalized spacial score (nSPS) is 15.5. The highest BCUT2D eigenvalue weighted by molar-refractivity contribution is 5.58. The lowest BCUT2D eigenvalue weighted by molar-refractivity contribution is 0.0661. The lowest BCUT2D eigenvalue weighted by atomic mass is 10.2. The first-order valence-corrected chi connectivity index (χ1v) is 9.92. The molecule has 1 fully saturated rings. The fourth-order valence-electron chi connectivity index (χ4n) is 3.56. The summed E-state index contributed by atoms with van der Waals surface area (Å²) in [5.74, 6) is 1.76. The molecule has 1 aliphatic heterocycles. The Bertz CT molecular complexity index is 798. The SMILES string of the molecule is COc1ccccc1N1CCN(CC(O)COc2cc(OC)c(O)c(OC)c2)CC1. The highest BCUT2D eigenvalue weighted by atomic mass is 16.5. The number of hydrogen-bond donors (Lipinski definition) is 2. The maximum absolute atomic E-state index is 10.4. The van der Waals surface area contributed by atoms with Crippen LogP contribution in [0.25, 0.3) is 0 Å². The van der Waals surface area contributed by atoms with Crippen molar-refractivity contribution in [3.8, 4) is 28.7 Å². The summed E-state index contributed by atoms with van der Waals surface area (Å²) >= 11 is 0. The number of phenolic OH excluding ortho intramolecular Hbond substituents is 1. The molecular formula is C22H30N2O6. The molecule has 0 radical (unpaired) electrons. The Morgan fingerprint density at radius 1 is 0.900 bits per heavy atom. The molecule has 1 unspecified atom stereocenters. The van der Waals surface area contributed by atoms with Crippen LogP contribution in [0.2, 0.25) is 0 Å². The van der Waals surface area contributed by atoms with Gasteiger partial charge < -0.3 is 34.1 Å². The molecule has 0 aromatic heterocycles. The van der Waals surface area contributed by atoms with Crippen molar-refractivity contribution in [3.05, 3.63) is 36.4 Å². The third-order valence-corrected chi connectivity index (χ3v) is 5.16. The number of benzene rings is 2. The number of methoxy groups -OCH3 is 3. The summed E-state index contributed by atoms with van der Waals surface area (Å²) < 4.78 is 21.4. The van der Waals surface area contributed by atoms with Crippen LogP contribution in [-0.4, -0.2) is 81.9 Å². The van der Waals surface area contributed by atoms with E-state index in [9.17, 15) is 10.2 Å². The van der Waals surface area contributed by atoms with Gasteiger partial charge in [0.1, 0.15) is 24.2 Å². The van der Waals surface area contributed by atoms with Crippen molar-refractivity contribution in [1.29, 1.82) is 0 Å². The largest absolute Gasteiger partial charge is 0.502 e. The lowest BCUT2D eigenvalue weighted by Gasteiger charge is -2.37. The van der Waals surface area contributed by atoms with Gasteiger partial charge in [0.15, 0.2) is 11.5 Å². The second-order valence-corrected chi connectivity index (χ2v) is 7.10. The van der Waals surface area contributed by atoms with Crippen molar-refractivity contribution in [2.24, 2.45) is 0 Å². The zero-order chi connectivity index (χ0) is 21.5. The van der Waals surface area contributed by atoms with E-state index in [1.807, 2.05) is 18.2 Å². The summed E-state index contributed by atoms with van der Waals surface area (Å²) in [7, 11) is 4.60. The zero-order valence-electron chi connectivity index (χ0n) is 17.7. The summed E-state index contributed by atoms with van der Waals surface area (Å²) in [4.78, 5) is 4.52. The number of ether oxygens (including phenoxy) is 4. The van der Waals surface area contributed by atoms with Crippen molar-refractivity contribution in [2.75, 3.05) is 65.6 Å². The predicted molar refractivity (Wildman–Crippen MR) is 114 cm³/mol. The van der Waals surface area contributed by atoms with E-state index in [1.165, 1.54) is 14.2 Å². The molecule has 0 saturated carbocycles. The summed E-state index contributed by atoms with van der Waals surface area (Å²) in [6.45, 7) is 4.06. The molecule has 2 N–H and O–H groups in total. The van der Waals surface area contributed by atoms with Gasteiger partial charge in [-0.1, -0.05) is 12.1 Å². The van der Waals surface area contributed by atoms with Gasteiger partial charge in [-0.2, -0.15) is 0 Å². The van der Waals surface area contributed by atoms with Gasteiger partial charge in [0, 0.05) is 44.9 Å². The van der Waals surface area contributed by atoms with Crippen LogP contribution >= 0.6 is 0 Å². The Balaban J connectivity index is 1.49. The van der Waals surface area contributed by atoms with Crippen LogP contribution in [-0.2, 0) is 0 Å². The Hall–Kier alpha value is -2.84. The van der Waals surface area contributed by atoms with E-state index in [4.69, 9.17) is 18.9 Å². The van der Waals surface area contributed by atoms with Gasteiger partial charge >= 0.3 is 0 Å². The number of anilines is 1. The molecule has 1 atom stereocenters. The zero-order valence-corrected chi connectivity index (χ0v) is 17.7. The number of β-amino-alcohol motifs (C(OH)–C–C–N with tert-alkyl or cyclic N) is 1. The highest BCUT2D eigenvalue weighted by Crippen LogP contribution is 2.39. The number of hydrogen-bond acceptors (Lipinski definition) is 8. The number of phenols is 1. The van der Waals surface area contributed by atoms with Gasteiger partial charge in [0.2, 0.25) is 5.75 Å². The smallest absolute Gasteiger partial charge is 0.201 e. The van der Waals surface area contributed by atoms with Crippen molar-refractivity contribution in [3.63, 3.8) is 0 Å². The number of para-hydroxylation sites is 2. The standard InChI is InChI=1S/C22H30N2O6/c1-27-19-7-5-4-6-18(19)24-10-8-23(9-11-24)14-16(25)15-30-17-12-20(28-2)22(26)21(13-17)29-3/h4-7,12-13,16,25-26H,8-11,14-15H2,1-3H3. The predicted octanol–water partition coefficient (Wildman–Crippen LogP) is 1.98. The number of nitrogens with zero attached hydrogens (tertiary/aromatic N) is 2. The molecule has 1 saturated heterocycles. The number of aliphatic hydroxyl groups excluding tert-OH is 1. The number of aliphatic hydroxyl groups is 1. The molecule has 3 rings (SSSR count). The van der Waals surface area contributed by atoms with Crippen molar-refractivity contribution >= 4 is 5.69 Å². The minimum atomic E-state index is -0.645. The first-order valence-electron chi connectivity index (χ1n) is 9.92. The Kier molecular flexibility index (Phi) is 7.48. The third-order valence-electron chi connectivity index (χ3n) is 5.16. The van der Waals surface area contributed by atoms with Crippen LogP contribution in [0.5, 0.6) is 28.7 Å². The first-order chi connectivity index (χ1) is 14.5. The van der Waals surface area contributed by atoms with Gasteiger partial charge in [-0.05, 0) is 12.1 Å². The van der Waals surface area contributed by atoms with Crippen molar-refractivity contribution < 1.29 is 29.2 Å². The fourth-order valence-corrected chi connectivity index (χ4v) is 3.56. The van der Waals surface area contributed by atoms with E-state index in [1.54, 1.807) is 19.2 Å². The minimum Gasteiger partial charge on any atom is -0.502 e. The molecule has 8 heteroatoms. The average molecular weight is 418 g/mol. The van der Waals surface area contributed by atoms with E-state index in [-0.39, 0.29) is 23.9 Å². The second-order valence-electron chi connectivity index (χ2n) is 7.10. The van der Waals surface area contributed by atoms with Crippen LogP contribution in [0.3, 0.4) is 0 Å². The van der Waals surface area contributed by atoms with Gasteiger partial charge in [0.05, 0.1) is 27.0 Å². The topological polar surface area (TPSA) is 83.9 Å². The molecular weight excluding hydrogens is 388 g/mol. The molecule has 1 aliphatic rings. The third kappa shape index (κ3) is 5.20. The molecule has 164 valence electrons. The first kappa shape index (κ1) is 21.9. The van der Waals surface area contributed by atoms with Crippen molar-refractivity contribution in [1.82, 2.24) is 4.90 Å². The van der Waals surface area contributed by atoms with E-state index < -0.39 is 6.10 Å². The van der Waals surface area contributed by atoms with Crippen LogP contribution < -0.4 is 23.8 Å². The molecule has 0 aliphatic carbocycles. The fraction of sp³-hybridized carbons (Fsp3) is 0.455. The van der Waals surface area contributed by atoms with Gasteiger partial charge in [-0.15, -0.1) is 0 Å². The van der Waals surface area contributed by atoms with E-state index in [0.29, 0.717) is 12.3 Å². The molecule has 8 nitrogen and oxygen atoms in total. The summed E-state index contributed by atoms with van der Waals surface area (Å²) in [6.07, 6.45) is -0.645. The van der Waals surface area contributed by atoms with Crippen LogP contribution in [0.4, 0.5) is 5.69 Å². The van der Waals surface area contributed by atoms with Gasteiger partial charge in [0.25, 0.3) is 0 Å². The molecule has 2 aromatic rings. The highest BCUT2D eigenvalue weighted by Gasteiger charge is 2.22. The second kappa shape index (κ2) is 10.3. The molecule has 1 heterocycles. The van der Waals surface area contributed by atoms with Crippen LogP contribution in [0, 0.1) is 0 Å². The van der Waals surface area contributed by atoms with Crippen LogP contribution in [0.15, 0.2) is 36.4 Å². The van der Waals surface area contributed by atoms with Gasteiger partial charge in [-0.25, -0.2) is 0 Å². The van der Waals surface area contributed by atoms with E-state index in [0.717, 1.165) is 37.6 Å². The van der Waals surface area contributed by atoms with Gasteiger partial charge in [-0.3, -0.25) is 4.90 Å². The summed E-state index contributed by atoms with van der Waals surface area (Å²) in [6, 6.07) is 11.1. The molecule has 30 heavy (non-hydrogen) atoms. The number of rotatable bonds is 9.